The van der Waals surface area contributed by atoms with Crippen molar-refractivity contribution in [2.24, 2.45) is 13.0 Å². The van der Waals surface area contributed by atoms with Crippen molar-refractivity contribution in [1.29, 1.82) is 0 Å². The summed E-state index contributed by atoms with van der Waals surface area (Å²) in [6.45, 7) is 0.569. The monoisotopic (exact) mass is 322 g/mol. The van der Waals surface area contributed by atoms with Crippen LogP contribution < -0.4 is 0 Å². The maximum atomic E-state index is 12.3. The van der Waals surface area contributed by atoms with Crippen LogP contribution in [0.5, 0.6) is 0 Å². The Balaban J connectivity index is 2.23. The summed E-state index contributed by atoms with van der Waals surface area (Å²) in [4.78, 5) is 0. The van der Waals surface area contributed by atoms with Crippen LogP contribution in [0, 0.1) is 5.92 Å². The minimum Gasteiger partial charge on any atom is -0.235 e. The molecule has 0 N–H and O–H groups in total. The van der Waals surface area contributed by atoms with Gasteiger partial charge in [0.15, 0.2) is 4.60 Å². The van der Waals surface area contributed by atoms with E-state index < -0.39 is 10.0 Å². The van der Waals surface area contributed by atoms with Gasteiger partial charge in [-0.05, 0) is 34.7 Å². The van der Waals surface area contributed by atoms with Gasteiger partial charge >= 0.3 is 0 Å². The molecule has 0 atom stereocenters. The fourth-order valence-electron chi connectivity index (χ4n) is 1.88. The molecule has 17 heavy (non-hydrogen) atoms. The number of nitrogens with zero attached hydrogens (tertiary/aromatic N) is 4. The van der Waals surface area contributed by atoms with E-state index in [-0.39, 0.29) is 9.63 Å². The van der Waals surface area contributed by atoms with E-state index in [0.717, 1.165) is 12.8 Å². The Bertz CT molecular complexity index is 490. The van der Waals surface area contributed by atoms with E-state index in [1.807, 2.05) is 0 Å². The largest absolute Gasteiger partial charge is 0.262 e. The molecule has 1 aromatic heterocycles. The highest BCUT2D eigenvalue weighted by molar-refractivity contribution is 9.10. The van der Waals surface area contributed by atoms with Crippen molar-refractivity contribution in [1.82, 2.24) is 19.3 Å². The van der Waals surface area contributed by atoms with Crippen molar-refractivity contribution in [3.05, 3.63) is 4.60 Å². The van der Waals surface area contributed by atoms with Gasteiger partial charge in [0, 0.05) is 20.6 Å². The summed E-state index contributed by atoms with van der Waals surface area (Å²) in [6, 6.07) is 0. The first-order valence-electron chi connectivity index (χ1n) is 5.44. The lowest BCUT2D eigenvalue weighted by atomic mass is 9.86. The molecular formula is C9H15BrN4O2S. The highest BCUT2D eigenvalue weighted by Crippen LogP contribution is 2.29. The summed E-state index contributed by atoms with van der Waals surface area (Å²) >= 11 is 3.12. The molecule has 0 unspecified atom stereocenters. The fourth-order valence-corrected chi connectivity index (χ4v) is 4.15. The summed E-state index contributed by atoms with van der Waals surface area (Å²) in [6.07, 6.45) is 3.44. The lowest BCUT2D eigenvalue weighted by Gasteiger charge is -2.29. The lowest BCUT2D eigenvalue weighted by Crippen LogP contribution is -2.35. The van der Waals surface area contributed by atoms with E-state index >= 15 is 0 Å². The van der Waals surface area contributed by atoms with Crippen molar-refractivity contribution in [2.45, 2.75) is 24.3 Å². The molecule has 1 heterocycles. The molecule has 96 valence electrons. The average Bonchev–Trinajstić information content (AvgIpc) is 2.52. The quantitative estimate of drug-likeness (QED) is 0.829. The van der Waals surface area contributed by atoms with E-state index in [1.54, 1.807) is 14.1 Å². The number of sulfonamides is 1. The SMILES string of the molecule is CN(CC1CCC1)S(=O)(=O)c1c(Br)nnn1C. The second kappa shape index (κ2) is 4.66. The van der Waals surface area contributed by atoms with Crippen LogP contribution in [0.4, 0.5) is 0 Å². The zero-order chi connectivity index (χ0) is 12.6. The molecule has 2 rings (SSSR count). The zero-order valence-corrected chi connectivity index (χ0v) is 12.2. The maximum absolute atomic E-state index is 12.3. The molecular weight excluding hydrogens is 308 g/mol. The fraction of sp³-hybridized carbons (Fsp3) is 0.778. The van der Waals surface area contributed by atoms with Crippen LogP contribution in [-0.4, -0.2) is 41.3 Å². The Labute approximate surface area is 109 Å². The minimum absolute atomic E-state index is 0.110. The standard InChI is InChI=1S/C9H15BrN4O2S/c1-13(6-7-4-3-5-7)17(15,16)9-8(10)11-12-14(9)2/h7H,3-6H2,1-2H3. The Morgan fingerprint density at radius 1 is 1.53 bits per heavy atom. The molecule has 0 radical (unpaired) electrons. The molecule has 0 amide bonds. The Kier molecular flexibility index (Phi) is 3.55. The van der Waals surface area contributed by atoms with Crippen molar-refractivity contribution in [3.8, 4) is 0 Å². The van der Waals surface area contributed by atoms with Gasteiger partial charge in [-0.25, -0.2) is 13.1 Å². The average molecular weight is 323 g/mol. The van der Waals surface area contributed by atoms with E-state index in [4.69, 9.17) is 0 Å². The molecule has 0 saturated heterocycles. The van der Waals surface area contributed by atoms with Crippen LogP contribution in [0.2, 0.25) is 0 Å². The normalized spacial score (nSPS) is 17.4. The first-order chi connectivity index (χ1) is 7.93. The van der Waals surface area contributed by atoms with Crippen LogP contribution >= 0.6 is 15.9 Å². The molecule has 1 fully saturated rings. The number of halogens is 1. The van der Waals surface area contributed by atoms with Crippen molar-refractivity contribution in [2.75, 3.05) is 13.6 Å². The molecule has 6 nitrogen and oxygen atoms in total. The third-order valence-electron chi connectivity index (χ3n) is 3.13. The van der Waals surface area contributed by atoms with Gasteiger partial charge in [0.2, 0.25) is 5.03 Å². The van der Waals surface area contributed by atoms with Gasteiger partial charge in [-0.1, -0.05) is 11.6 Å². The summed E-state index contributed by atoms with van der Waals surface area (Å²) in [7, 11) is -0.328. The Morgan fingerprint density at radius 3 is 2.59 bits per heavy atom. The van der Waals surface area contributed by atoms with Gasteiger partial charge in [0.05, 0.1) is 0 Å². The first kappa shape index (κ1) is 13.0. The zero-order valence-electron chi connectivity index (χ0n) is 9.80. The Hall–Kier alpha value is -0.470. The molecule has 1 saturated carbocycles. The Morgan fingerprint density at radius 2 is 2.18 bits per heavy atom. The van der Waals surface area contributed by atoms with Crippen LogP contribution in [0.1, 0.15) is 19.3 Å². The number of aromatic nitrogens is 3. The number of aryl methyl sites for hydroxylation is 1. The maximum Gasteiger partial charge on any atom is 0.262 e. The predicted octanol–water partition coefficient (Wildman–Crippen LogP) is 0.998. The number of hydrogen-bond acceptors (Lipinski definition) is 4. The smallest absolute Gasteiger partial charge is 0.235 e. The number of rotatable bonds is 4. The van der Waals surface area contributed by atoms with Gasteiger partial charge < -0.3 is 0 Å². The summed E-state index contributed by atoms with van der Waals surface area (Å²) in [5, 5.41) is 7.50. The van der Waals surface area contributed by atoms with Crippen LogP contribution in [0.25, 0.3) is 0 Å². The summed E-state index contributed by atoms with van der Waals surface area (Å²) in [5.41, 5.74) is 0. The molecule has 8 heteroatoms. The molecule has 1 aliphatic rings. The van der Waals surface area contributed by atoms with Gasteiger partial charge in [-0.2, -0.15) is 4.31 Å². The molecule has 1 aromatic rings. The number of hydrogen-bond donors (Lipinski definition) is 0. The first-order valence-corrected chi connectivity index (χ1v) is 7.67. The van der Waals surface area contributed by atoms with Crippen LogP contribution in [-0.2, 0) is 17.1 Å². The van der Waals surface area contributed by atoms with E-state index in [9.17, 15) is 8.42 Å². The van der Waals surface area contributed by atoms with Crippen molar-refractivity contribution < 1.29 is 8.42 Å². The summed E-state index contributed by atoms with van der Waals surface area (Å²) in [5.74, 6) is 0.495. The lowest BCUT2D eigenvalue weighted by molar-refractivity contribution is 0.262. The molecule has 0 aromatic carbocycles. The molecule has 0 spiro atoms. The van der Waals surface area contributed by atoms with Gasteiger partial charge in [0.1, 0.15) is 0 Å². The van der Waals surface area contributed by atoms with Crippen molar-refractivity contribution in [3.63, 3.8) is 0 Å². The second-order valence-corrected chi connectivity index (χ2v) is 7.10. The topological polar surface area (TPSA) is 68.1 Å². The predicted molar refractivity (Wildman–Crippen MR) is 65.9 cm³/mol. The van der Waals surface area contributed by atoms with E-state index in [0.29, 0.717) is 12.5 Å². The van der Waals surface area contributed by atoms with Crippen molar-refractivity contribution >= 4 is 26.0 Å². The van der Waals surface area contributed by atoms with E-state index in [2.05, 4.69) is 26.2 Å². The highest BCUT2D eigenvalue weighted by atomic mass is 79.9. The second-order valence-electron chi connectivity index (χ2n) is 4.39. The van der Waals surface area contributed by atoms with Gasteiger partial charge in [-0.3, -0.25) is 0 Å². The molecule has 0 bridgehead atoms. The van der Waals surface area contributed by atoms with Gasteiger partial charge in [0.25, 0.3) is 10.0 Å². The molecule has 0 aliphatic heterocycles. The van der Waals surface area contributed by atoms with E-state index in [1.165, 1.54) is 15.4 Å². The third-order valence-corrected chi connectivity index (χ3v) is 5.84. The highest BCUT2D eigenvalue weighted by Gasteiger charge is 2.31. The minimum atomic E-state index is -3.50. The van der Waals surface area contributed by atoms with Crippen LogP contribution in [0.3, 0.4) is 0 Å². The van der Waals surface area contributed by atoms with Crippen LogP contribution in [0.15, 0.2) is 9.63 Å². The third kappa shape index (κ3) is 2.38. The molecule has 1 aliphatic carbocycles. The summed E-state index contributed by atoms with van der Waals surface area (Å²) < 4.78 is 27.5. The van der Waals surface area contributed by atoms with Gasteiger partial charge in [-0.15, -0.1) is 5.10 Å².